The first-order chi connectivity index (χ1) is 13.6. The maximum Gasteiger partial charge on any atom is 0.262 e. The minimum atomic E-state index is -0.470. The average molecular weight is 401 g/mol. The monoisotopic (exact) mass is 400 g/mol. The van der Waals surface area contributed by atoms with Crippen LogP contribution in [0.15, 0.2) is 29.3 Å². The number of hydrogen-bond donors (Lipinski definition) is 1. The first-order valence-corrected chi connectivity index (χ1v) is 10.7. The highest BCUT2D eigenvalue weighted by molar-refractivity contribution is 8.15. The molecule has 0 bridgehead atoms. The van der Waals surface area contributed by atoms with Crippen LogP contribution in [-0.2, 0) is 9.59 Å². The van der Waals surface area contributed by atoms with Crippen molar-refractivity contribution >= 4 is 40.3 Å². The number of likely N-dealkylation sites (tertiary alicyclic amines) is 2. The number of carbonyl (C=O) groups excluding carboxylic acids is 3. The molecule has 1 atom stereocenters. The number of nitrogens with one attached hydrogen (secondary N) is 1. The first-order valence-electron chi connectivity index (χ1n) is 9.83. The van der Waals surface area contributed by atoms with Crippen LogP contribution >= 0.6 is 11.8 Å². The van der Waals surface area contributed by atoms with Gasteiger partial charge in [0, 0.05) is 43.9 Å². The number of benzene rings is 1. The van der Waals surface area contributed by atoms with Crippen molar-refractivity contribution in [1.29, 1.82) is 0 Å². The molecular weight excluding hydrogens is 376 g/mol. The Balaban J connectivity index is 1.32. The lowest BCUT2D eigenvalue weighted by atomic mass is 10.1. The van der Waals surface area contributed by atoms with E-state index in [4.69, 9.17) is 0 Å². The summed E-state index contributed by atoms with van der Waals surface area (Å²) in [6.07, 6.45) is 4.57. The third-order valence-electron chi connectivity index (χ3n) is 5.26. The number of thioether (sulfide) groups is 1. The molecule has 4 rings (SSSR count). The van der Waals surface area contributed by atoms with Crippen molar-refractivity contribution in [2.75, 3.05) is 31.5 Å². The molecule has 3 aliphatic rings. The molecule has 3 heterocycles. The predicted molar refractivity (Wildman–Crippen MR) is 109 cm³/mol. The third kappa shape index (κ3) is 4.22. The molecule has 0 aromatic heterocycles. The summed E-state index contributed by atoms with van der Waals surface area (Å²) in [4.78, 5) is 45.1. The SMILES string of the molecule is O=C(C[C@@H]1SC(N2CCCCC2)=NC1=O)Nc1cccc(C(=O)N2CCC2)c1. The van der Waals surface area contributed by atoms with Crippen molar-refractivity contribution in [2.45, 2.75) is 37.4 Å². The van der Waals surface area contributed by atoms with Crippen molar-refractivity contribution in [3.05, 3.63) is 29.8 Å². The number of rotatable bonds is 4. The summed E-state index contributed by atoms with van der Waals surface area (Å²) in [5, 5.41) is 3.10. The normalized spacial score (nSPS) is 21.9. The van der Waals surface area contributed by atoms with Crippen molar-refractivity contribution in [3.8, 4) is 0 Å². The number of amidine groups is 1. The number of hydrogen-bond acceptors (Lipinski definition) is 5. The van der Waals surface area contributed by atoms with Gasteiger partial charge in [-0.1, -0.05) is 17.8 Å². The lowest BCUT2D eigenvalue weighted by Gasteiger charge is -2.31. The van der Waals surface area contributed by atoms with Gasteiger partial charge in [-0.2, -0.15) is 4.99 Å². The van der Waals surface area contributed by atoms with E-state index >= 15 is 0 Å². The van der Waals surface area contributed by atoms with Crippen LogP contribution in [0.1, 0.15) is 42.5 Å². The zero-order chi connectivity index (χ0) is 19.5. The highest BCUT2D eigenvalue weighted by Gasteiger charge is 2.33. The molecule has 3 amide bonds. The Morgan fingerprint density at radius 3 is 2.61 bits per heavy atom. The molecule has 3 aliphatic heterocycles. The van der Waals surface area contributed by atoms with E-state index in [1.807, 2.05) is 0 Å². The summed E-state index contributed by atoms with van der Waals surface area (Å²) < 4.78 is 0. The summed E-state index contributed by atoms with van der Waals surface area (Å²) in [5.41, 5.74) is 1.14. The van der Waals surface area contributed by atoms with Crippen LogP contribution in [0, 0.1) is 0 Å². The Morgan fingerprint density at radius 2 is 1.89 bits per heavy atom. The van der Waals surface area contributed by atoms with Gasteiger partial charge in [0.05, 0.1) is 0 Å². The number of aliphatic imine (C=N–C) groups is 1. The fourth-order valence-electron chi connectivity index (χ4n) is 3.54. The van der Waals surface area contributed by atoms with E-state index < -0.39 is 5.25 Å². The maximum atomic E-state index is 12.4. The van der Waals surface area contributed by atoms with Crippen LogP contribution < -0.4 is 5.32 Å². The summed E-state index contributed by atoms with van der Waals surface area (Å²) in [6.45, 7) is 3.43. The number of amides is 3. The number of piperidine rings is 1. The Bertz CT molecular complexity index is 815. The highest BCUT2D eigenvalue weighted by Crippen LogP contribution is 2.29. The molecule has 1 aromatic carbocycles. The first kappa shape index (κ1) is 19.0. The second-order valence-corrected chi connectivity index (χ2v) is 8.54. The van der Waals surface area contributed by atoms with Crippen molar-refractivity contribution in [1.82, 2.24) is 9.80 Å². The average Bonchev–Trinajstić information content (AvgIpc) is 3.01. The van der Waals surface area contributed by atoms with E-state index in [1.165, 1.54) is 18.2 Å². The van der Waals surface area contributed by atoms with Gasteiger partial charge in [0.15, 0.2) is 5.17 Å². The number of anilines is 1. The lowest BCUT2D eigenvalue weighted by molar-refractivity contribution is -0.121. The molecule has 0 saturated carbocycles. The standard InChI is InChI=1S/C20H24N4O3S/c25-17(13-16-18(26)22-20(28-16)24-8-2-1-3-9-24)21-15-7-4-6-14(12-15)19(27)23-10-5-11-23/h4,6-7,12,16H,1-3,5,8-11,13H2,(H,21,25)/t16-/m0/s1. The molecule has 2 saturated heterocycles. The van der Waals surface area contributed by atoms with Gasteiger partial charge in [-0.05, 0) is 43.9 Å². The van der Waals surface area contributed by atoms with Crippen molar-refractivity contribution < 1.29 is 14.4 Å². The Morgan fingerprint density at radius 1 is 1.11 bits per heavy atom. The number of nitrogens with zero attached hydrogens (tertiary/aromatic N) is 3. The summed E-state index contributed by atoms with van der Waals surface area (Å²) in [5.74, 6) is -0.486. The zero-order valence-electron chi connectivity index (χ0n) is 15.7. The van der Waals surface area contributed by atoms with Crippen LogP contribution in [0.4, 0.5) is 5.69 Å². The molecule has 1 N–H and O–H groups in total. The maximum absolute atomic E-state index is 12.4. The van der Waals surface area contributed by atoms with Gasteiger partial charge in [-0.3, -0.25) is 14.4 Å². The molecule has 2 fully saturated rings. The minimum Gasteiger partial charge on any atom is -0.351 e. The van der Waals surface area contributed by atoms with Gasteiger partial charge in [0.2, 0.25) is 5.91 Å². The van der Waals surface area contributed by atoms with Crippen LogP contribution in [0.3, 0.4) is 0 Å². The minimum absolute atomic E-state index is 0.0107. The van der Waals surface area contributed by atoms with E-state index in [9.17, 15) is 14.4 Å². The molecule has 0 spiro atoms. The molecular formula is C20H24N4O3S. The molecule has 8 heteroatoms. The van der Waals surface area contributed by atoms with E-state index in [0.29, 0.717) is 11.3 Å². The Labute approximate surface area is 168 Å². The van der Waals surface area contributed by atoms with Gasteiger partial charge in [-0.15, -0.1) is 0 Å². The van der Waals surface area contributed by atoms with E-state index in [1.54, 1.807) is 29.2 Å². The molecule has 28 heavy (non-hydrogen) atoms. The molecule has 0 aliphatic carbocycles. The fraction of sp³-hybridized carbons (Fsp3) is 0.500. The van der Waals surface area contributed by atoms with E-state index in [-0.39, 0.29) is 24.1 Å². The Hall–Kier alpha value is -2.35. The number of carbonyl (C=O) groups is 3. The molecule has 0 radical (unpaired) electrons. The summed E-state index contributed by atoms with van der Waals surface area (Å²) >= 11 is 1.39. The van der Waals surface area contributed by atoms with Gasteiger partial charge in [0.1, 0.15) is 5.25 Å². The highest BCUT2D eigenvalue weighted by atomic mass is 32.2. The van der Waals surface area contributed by atoms with Gasteiger partial charge >= 0.3 is 0 Å². The summed E-state index contributed by atoms with van der Waals surface area (Å²) in [7, 11) is 0. The van der Waals surface area contributed by atoms with Gasteiger partial charge in [-0.25, -0.2) is 0 Å². The summed E-state index contributed by atoms with van der Waals surface area (Å²) in [6, 6.07) is 6.96. The molecule has 148 valence electrons. The van der Waals surface area contributed by atoms with Crippen LogP contribution in [0.2, 0.25) is 0 Å². The van der Waals surface area contributed by atoms with Crippen LogP contribution in [0.5, 0.6) is 0 Å². The second-order valence-electron chi connectivity index (χ2n) is 7.37. The van der Waals surface area contributed by atoms with Crippen LogP contribution in [-0.4, -0.2) is 64.1 Å². The van der Waals surface area contributed by atoms with Gasteiger partial charge < -0.3 is 15.1 Å². The fourth-order valence-corrected chi connectivity index (χ4v) is 4.66. The zero-order valence-corrected chi connectivity index (χ0v) is 16.5. The third-order valence-corrected chi connectivity index (χ3v) is 6.48. The lowest BCUT2D eigenvalue weighted by Crippen LogP contribution is -2.42. The molecule has 0 unspecified atom stereocenters. The predicted octanol–water partition coefficient (Wildman–Crippen LogP) is 2.34. The topological polar surface area (TPSA) is 82.1 Å². The van der Waals surface area contributed by atoms with Gasteiger partial charge in [0.25, 0.3) is 11.8 Å². The second kappa shape index (κ2) is 8.34. The molecule has 1 aromatic rings. The van der Waals surface area contributed by atoms with Crippen molar-refractivity contribution in [3.63, 3.8) is 0 Å². The largest absolute Gasteiger partial charge is 0.351 e. The van der Waals surface area contributed by atoms with Crippen molar-refractivity contribution in [2.24, 2.45) is 4.99 Å². The van der Waals surface area contributed by atoms with E-state index in [0.717, 1.165) is 50.6 Å². The quantitative estimate of drug-likeness (QED) is 0.839. The van der Waals surface area contributed by atoms with E-state index in [2.05, 4.69) is 15.2 Å². The Kier molecular flexibility index (Phi) is 5.66. The molecule has 7 nitrogen and oxygen atoms in total. The smallest absolute Gasteiger partial charge is 0.262 e. The van der Waals surface area contributed by atoms with Crippen LogP contribution in [0.25, 0.3) is 0 Å².